The number of benzene rings is 1. The van der Waals surface area contributed by atoms with E-state index >= 15 is 0 Å². The Hall–Kier alpha value is -1.16. The van der Waals surface area contributed by atoms with Gasteiger partial charge in [-0.25, -0.2) is 0 Å². The van der Waals surface area contributed by atoms with Crippen LogP contribution in [0.25, 0.3) is 0 Å². The minimum atomic E-state index is -1.35. The zero-order chi connectivity index (χ0) is 15.7. The number of hydrogen-bond acceptors (Lipinski definition) is 3. The fourth-order valence-electron chi connectivity index (χ4n) is 1.53. The zero-order valence-electron chi connectivity index (χ0n) is 12.6. The van der Waals surface area contributed by atoms with Gasteiger partial charge < -0.3 is 0 Å². The van der Waals surface area contributed by atoms with Crippen LogP contribution in [0, 0.1) is 0 Å². The molecule has 2 atom stereocenters. The molecule has 0 aromatic heterocycles. The van der Waals surface area contributed by atoms with Crippen molar-refractivity contribution in [3.8, 4) is 0 Å². The fourth-order valence-corrected chi connectivity index (χ4v) is 3.17. The number of nitrogens with one attached hydrogen (secondary N) is 1. The van der Waals surface area contributed by atoms with Crippen LogP contribution in [0.5, 0.6) is 0 Å². The molecule has 3 N–H and O–H groups in total. The summed E-state index contributed by atoms with van der Waals surface area (Å²) >= 11 is -1.02. The Morgan fingerprint density at radius 3 is 2.62 bits per heavy atom. The molecule has 0 aliphatic heterocycles. The third-order valence-electron chi connectivity index (χ3n) is 2.61. The van der Waals surface area contributed by atoms with Gasteiger partial charge in [-0.05, 0) is 0 Å². The second kappa shape index (κ2) is 9.72. The van der Waals surface area contributed by atoms with Gasteiger partial charge in [-0.2, -0.15) is 0 Å². The third kappa shape index (κ3) is 6.89. The van der Waals surface area contributed by atoms with Gasteiger partial charge in [0.1, 0.15) is 0 Å². The minimum absolute atomic E-state index is 0.0208. The molecule has 21 heavy (non-hydrogen) atoms. The SMILES string of the molecule is CC(NS(=O)C(/C=C\C=N\[As](C)C)=C/N)c1ccccc1. The average molecular weight is 367 g/mol. The molecule has 4 nitrogen and oxygen atoms in total. The number of allylic oxidation sites excluding steroid dienone is 2. The van der Waals surface area contributed by atoms with Crippen LogP contribution in [0.3, 0.4) is 0 Å². The van der Waals surface area contributed by atoms with Crippen molar-refractivity contribution in [2.45, 2.75) is 24.4 Å². The van der Waals surface area contributed by atoms with Crippen LogP contribution in [0.4, 0.5) is 0 Å². The van der Waals surface area contributed by atoms with E-state index in [4.69, 9.17) is 5.73 Å². The molecule has 0 radical (unpaired) electrons. The van der Waals surface area contributed by atoms with Gasteiger partial charge in [-0.1, -0.05) is 0 Å². The van der Waals surface area contributed by atoms with Gasteiger partial charge in [-0.15, -0.1) is 0 Å². The molecule has 1 rings (SSSR count). The summed E-state index contributed by atoms with van der Waals surface area (Å²) in [4.78, 5) is 0.537. The molecule has 114 valence electrons. The van der Waals surface area contributed by atoms with Gasteiger partial charge in [0.15, 0.2) is 0 Å². The Labute approximate surface area is 134 Å². The Morgan fingerprint density at radius 1 is 1.38 bits per heavy atom. The first kappa shape index (κ1) is 17.9. The molecule has 1 aromatic carbocycles. The van der Waals surface area contributed by atoms with Gasteiger partial charge in [0.05, 0.1) is 0 Å². The summed E-state index contributed by atoms with van der Waals surface area (Å²) in [5, 5.41) is 0. The molecule has 0 spiro atoms. The van der Waals surface area contributed by atoms with Crippen LogP contribution in [0.2, 0.25) is 11.4 Å². The summed E-state index contributed by atoms with van der Waals surface area (Å²) in [6.45, 7) is 1.97. The summed E-state index contributed by atoms with van der Waals surface area (Å²) in [7, 11) is -1.35. The van der Waals surface area contributed by atoms with Crippen LogP contribution in [0.1, 0.15) is 18.5 Å². The first-order valence-electron chi connectivity index (χ1n) is 6.57. The molecule has 1 aromatic rings. The normalized spacial score (nSPS) is 15.9. The standard InChI is InChI=1S/C15H22AsN3OS/c1-13(14-8-5-4-6-9-14)19-21(20)15(12-17)10-7-11-18-16(2)3/h4-13,19H,17H2,1-3H3/b10-7-,15-12+,18-11+. The van der Waals surface area contributed by atoms with Crippen LogP contribution < -0.4 is 10.5 Å². The van der Waals surface area contributed by atoms with Gasteiger partial charge in [0, 0.05) is 0 Å². The maximum atomic E-state index is 12.3. The molecule has 6 heteroatoms. The van der Waals surface area contributed by atoms with Gasteiger partial charge >= 0.3 is 134 Å². The van der Waals surface area contributed by atoms with Crippen molar-refractivity contribution in [2.75, 3.05) is 0 Å². The number of hydrogen-bond donors (Lipinski definition) is 2. The van der Waals surface area contributed by atoms with Crippen LogP contribution in [-0.4, -0.2) is 25.3 Å². The fraction of sp³-hybridized carbons (Fsp3) is 0.267. The van der Waals surface area contributed by atoms with Crippen molar-refractivity contribution in [2.24, 2.45) is 9.64 Å². The maximum absolute atomic E-state index is 12.3. The second-order valence-corrected chi connectivity index (χ2v) is 9.84. The van der Waals surface area contributed by atoms with Crippen molar-refractivity contribution in [3.05, 3.63) is 59.2 Å². The molecular formula is C15H22AsN3OS. The van der Waals surface area contributed by atoms with Crippen molar-refractivity contribution in [1.29, 1.82) is 0 Å². The van der Waals surface area contributed by atoms with Crippen LogP contribution >= 0.6 is 0 Å². The van der Waals surface area contributed by atoms with Crippen LogP contribution in [0.15, 0.2) is 57.5 Å². The zero-order valence-corrected chi connectivity index (χ0v) is 15.3. The molecule has 0 saturated heterocycles. The number of nitrogens with two attached hydrogens (primary N) is 1. The molecule has 0 aliphatic carbocycles. The Bertz CT molecular complexity index is 541. The first-order chi connectivity index (χ1) is 10.0. The number of nitrogens with zero attached hydrogens (tertiary/aromatic N) is 1. The third-order valence-corrected chi connectivity index (χ3v) is 5.12. The van der Waals surface area contributed by atoms with Gasteiger partial charge in [0.25, 0.3) is 0 Å². The summed E-state index contributed by atoms with van der Waals surface area (Å²) in [5.74, 6) is 0. The topological polar surface area (TPSA) is 67.5 Å². The van der Waals surface area contributed by atoms with E-state index in [2.05, 4.69) is 20.1 Å². The molecule has 0 fully saturated rings. The Morgan fingerprint density at radius 2 is 2.05 bits per heavy atom. The molecule has 0 aliphatic rings. The molecule has 2 unspecified atom stereocenters. The summed E-state index contributed by atoms with van der Waals surface area (Å²) in [6.07, 6.45) is 6.61. The van der Waals surface area contributed by atoms with Gasteiger partial charge in [0.2, 0.25) is 0 Å². The van der Waals surface area contributed by atoms with Crippen molar-refractivity contribution < 1.29 is 4.21 Å². The molecule has 0 amide bonds. The van der Waals surface area contributed by atoms with E-state index in [1.165, 1.54) is 6.20 Å². The Balaban J connectivity index is 2.64. The predicted molar refractivity (Wildman–Crippen MR) is 93.5 cm³/mol. The second-order valence-electron chi connectivity index (χ2n) is 4.56. The van der Waals surface area contributed by atoms with E-state index in [-0.39, 0.29) is 6.04 Å². The van der Waals surface area contributed by atoms with E-state index in [0.717, 1.165) is 5.56 Å². The van der Waals surface area contributed by atoms with Crippen molar-refractivity contribution >= 4 is 32.1 Å². The molecule has 0 saturated carbocycles. The summed E-state index contributed by atoms with van der Waals surface area (Å²) < 4.78 is 19.6. The van der Waals surface area contributed by atoms with Crippen molar-refractivity contribution in [1.82, 2.24) is 4.72 Å². The van der Waals surface area contributed by atoms with E-state index < -0.39 is 25.9 Å². The first-order valence-corrected chi connectivity index (χ1v) is 12.3. The molecule has 0 heterocycles. The number of rotatable bonds is 7. The Kier molecular flexibility index (Phi) is 8.28. The molecule has 0 bridgehead atoms. The summed E-state index contributed by atoms with van der Waals surface area (Å²) in [5.41, 5.74) is 10.9. The monoisotopic (exact) mass is 367 g/mol. The quantitative estimate of drug-likeness (QED) is 0.442. The predicted octanol–water partition coefficient (Wildman–Crippen LogP) is 2.68. The van der Waals surface area contributed by atoms with Crippen LogP contribution in [-0.2, 0) is 11.0 Å². The van der Waals surface area contributed by atoms with Gasteiger partial charge in [-0.3, -0.25) is 0 Å². The summed E-state index contributed by atoms with van der Waals surface area (Å²) in [6, 6.07) is 9.85. The van der Waals surface area contributed by atoms with E-state index in [1.807, 2.05) is 37.3 Å². The van der Waals surface area contributed by atoms with E-state index in [9.17, 15) is 4.21 Å². The molecular weight excluding hydrogens is 345 g/mol. The average Bonchev–Trinajstić information content (AvgIpc) is 2.47. The van der Waals surface area contributed by atoms with E-state index in [0.29, 0.717) is 4.91 Å². The van der Waals surface area contributed by atoms with E-state index in [1.54, 1.807) is 18.4 Å². The van der Waals surface area contributed by atoms with Crippen molar-refractivity contribution in [3.63, 3.8) is 0 Å².